The Bertz CT molecular complexity index is 412. The molecule has 72 valence electrons. The zero-order valence-corrected chi connectivity index (χ0v) is 9.58. The van der Waals surface area contributed by atoms with Crippen molar-refractivity contribution in [2.75, 3.05) is 0 Å². The van der Waals surface area contributed by atoms with Gasteiger partial charge in [-0.2, -0.15) is 0 Å². The predicted molar refractivity (Wildman–Crippen MR) is 63.4 cm³/mol. The predicted octanol–water partition coefficient (Wildman–Crippen LogP) is 4.76. The zero-order chi connectivity index (χ0) is 10.3. The third-order valence-corrected chi connectivity index (χ3v) is 3.21. The molecule has 0 saturated heterocycles. The van der Waals surface area contributed by atoms with Gasteiger partial charge in [-0.15, -0.1) is 0 Å². The molecule has 0 aliphatic heterocycles. The lowest BCUT2D eigenvalue weighted by molar-refractivity contribution is 1.47. The van der Waals surface area contributed by atoms with Crippen molar-refractivity contribution < 1.29 is 0 Å². The van der Waals surface area contributed by atoms with Crippen molar-refractivity contribution in [1.82, 2.24) is 0 Å². The van der Waals surface area contributed by atoms with Crippen molar-refractivity contribution in [3.63, 3.8) is 0 Å². The van der Waals surface area contributed by atoms with Crippen LogP contribution in [0.4, 0.5) is 0 Å². The topological polar surface area (TPSA) is 0 Å². The van der Waals surface area contributed by atoms with Crippen molar-refractivity contribution in [3.05, 3.63) is 45.4 Å². The molecular formula is C12H10Cl2. The lowest BCUT2D eigenvalue weighted by Crippen LogP contribution is -1.81. The average molecular weight is 225 g/mol. The van der Waals surface area contributed by atoms with Gasteiger partial charge in [0.2, 0.25) is 0 Å². The first-order valence-corrected chi connectivity index (χ1v) is 5.19. The Balaban J connectivity index is 2.83. The molecule has 0 atom stereocenters. The summed E-state index contributed by atoms with van der Waals surface area (Å²) in [4.78, 5) is 0. The summed E-state index contributed by atoms with van der Waals surface area (Å²) in [7, 11) is 0. The molecule has 0 bridgehead atoms. The fraction of sp³-hybridized carbons (Fsp3) is 0.167. The molecule has 0 aromatic heterocycles. The van der Waals surface area contributed by atoms with Crippen LogP contribution in [0.1, 0.15) is 11.1 Å². The van der Waals surface area contributed by atoms with Crippen molar-refractivity contribution in [3.8, 4) is 0 Å². The number of aryl methyl sites for hydroxylation is 2. The number of fused-ring (bicyclic) bond motifs is 1. The van der Waals surface area contributed by atoms with E-state index in [9.17, 15) is 0 Å². The Morgan fingerprint density at radius 2 is 1.07 bits per heavy atom. The van der Waals surface area contributed by atoms with Crippen LogP contribution in [0.15, 0.2) is 24.3 Å². The second-order valence-corrected chi connectivity index (χ2v) is 4.36. The summed E-state index contributed by atoms with van der Waals surface area (Å²) in [6.07, 6.45) is 0. The summed E-state index contributed by atoms with van der Waals surface area (Å²) in [5.74, 6) is 0. The Morgan fingerprint density at radius 3 is 1.50 bits per heavy atom. The quantitative estimate of drug-likeness (QED) is 0.606. The molecule has 0 radical (unpaired) electrons. The fourth-order valence-corrected chi connectivity index (χ4v) is 1.87. The van der Waals surface area contributed by atoms with Crippen LogP contribution in [-0.4, -0.2) is 0 Å². The van der Waals surface area contributed by atoms with Gasteiger partial charge in [0.25, 0.3) is 0 Å². The van der Waals surface area contributed by atoms with Crippen molar-refractivity contribution in [2.24, 2.45) is 0 Å². The van der Waals surface area contributed by atoms with E-state index in [0.29, 0.717) is 0 Å². The van der Waals surface area contributed by atoms with Crippen LogP contribution in [0.3, 0.4) is 0 Å². The van der Waals surface area contributed by atoms with Gasteiger partial charge in [0.05, 0.1) is 0 Å². The van der Waals surface area contributed by atoms with Gasteiger partial charge in [-0.25, -0.2) is 0 Å². The number of hydrogen-bond acceptors (Lipinski definition) is 0. The molecule has 0 saturated carbocycles. The number of rotatable bonds is 0. The maximum Gasteiger partial charge on any atom is 0.0441 e. The normalized spacial score (nSPS) is 10.9. The van der Waals surface area contributed by atoms with Crippen LogP contribution in [0.5, 0.6) is 0 Å². The standard InChI is InChI=1S/C12H10Cl2/c1-7-3-9-4-8(2)12(14)6-10(9)5-11(7)13/h3-6H,1-2H3. The van der Waals surface area contributed by atoms with E-state index in [1.807, 2.05) is 26.0 Å². The smallest absolute Gasteiger partial charge is 0.0441 e. The molecule has 0 spiro atoms. The first kappa shape index (κ1) is 9.82. The van der Waals surface area contributed by atoms with Gasteiger partial charge in [0.15, 0.2) is 0 Å². The Labute approximate surface area is 93.4 Å². The molecule has 14 heavy (non-hydrogen) atoms. The van der Waals surface area contributed by atoms with Gasteiger partial charge in [-0.05, 0) is 60.0 Å². The van der Waals surface area contributed by atoms with Crippen LogP contribution in [0.2, 0.25) is 10.0 Å². The maximum atomic E-state index is 6.04. The Morgan fingerprint density at radius 1 is 0.714 bits per heavy atom. The fourth-order valence-electron chi connectivity index (χ4n) is 1.52. The van der Waals surface area contributed by atoms with E-state index >= 15 is 0 Å². The van der Waals surface area contributed by atoms with Crippen molar-refractivity contribution in [2.45, 2.75) is 13.8 Å². The summed E-state index contributed by atoms with van der Waals surface area (Å²) < 4.78 is 0. The van der Waals surface area contributed by atoms with E-state index in [0.717, 1.165) is 26.6 Å². The second-order valence-electron chi connectivity index (χ2n) is 3.55. The van der Waals surface area contributed by atoms with Crippen molar-refractivity contribution >= 4 is 34.0 Å². The minimum Gasteiger partial charge on any atom is -0.0840 e. The van der Waals surface area contributed by atoms with Crippen LogP contribution >= 0.6 is 23.2 Å². The van der Waals surface area contributed by atoms with Gasteiger partial charge in [0.1, 0.15) is 0 Å². The summed E-state index contributed by atoms with van der Waals surface area (Å²) in [6, 6.07) is 8.08. The first-order chi connectivity index (χ1) is 6.58. The molecule has 0 N–H and O–H groups in total. The van der Waals surface area contributed by atoms with Gasteiger partial charge < -0.3 is 0 Å². The van der Waals surface area contributed by atoms with Crippen LogP contribution < -0.4 is 0 Å². The SMILES string of the molecule is Cc1cc2cc(C)c(Cl)cc2cc1Cl. The summed E-state index contributed by atoms with van der Waals surface area (Å²) >= 11 is 12.1. The Hall–Kier alpha value is -0.720. The number of halogens is 2. The highest BCUT2D eigenvalue weighted by Gasteiger charge is 2.02. The minimum atomic E-state index is 0.789. The molecule has 2 rings (SSSR count). The molecule has 0 aliphatic carbocycles. The summed E-state index contributed by atoms with van der Waals surface area (Å²) in [5, 5.41) is 3.86. The second kappa shape index (κ2) is 3.45. The molecule has 0 unspecified atom stereocenters. The van der Waals surface area contributed by atoms with E-state index in [-0.39, 0.29) is 0 Å². The molecule has 0 amide bonds. The maximum absolute atomic E-state index is 6.04. The monoisotopic (exact) mass is 224 g/mol. The van der Waals surface area contributed by atoms with Crippen molar-refractivity contribution in [1.29, 1.82) is 0 Å². The highest BCUT2D eigenvalue weighted by molar-refractivity contribution is 6.33. The molecule has 2 aromatic rings. The van der Waals surface area contributed by atoms with E-state index in [1.54, 1.807) is 0 Å². The summed E-state index contributed by atoms with van der Waals surface area (Å²) in [5.41, 5.74) is 2.20. The van der Waals surface area contributed by atoms with Crippen LogP contribution in [-0.2, 0) is 0 Å². The minimum absolute atomic E-state index is 0.789. The molecule has 2 heteroatoms. The van der Waals surface area contributed by atoms with E-state index in [2.05, 4.69) is 12.1 Å². The van der Waals surface area contributed by atoms with Gasteiger partial charge in [-0.3, -0.25) is 0 Å². The van der Waals surface area contributed by atoms with E-state index < -0.39 is 0 Å². The zero-order valence-electron chi connectivity index (χ0n) is 8.07. The largest absolute Gasteiger partial charge is 0.0840 e. The van der Waals surface area contributed by atoms with Crippen LogP contribution in [0, 0.1) is 13.8 Å². The lowest BCUT2D eigenvalue weighted by Gasteiger charge is -2.05. The highest BCUT2D eigenvalue weighted by Crippen LogP contribution is 2.27. The molecule has 0 heterocycles. The van der Waals surface area contributed by atoms with Gasteiger partial charge >= 0.3 is 0 Å². The number of benzene rings is 2. The average Bonchev–Trinajstić information content (AvgIpc) is 2.11. The lowest BCUT2D eigenvalue weighted by atomic mass is 10.1. The van der Waals surface area contributed by atoms with E-state index in [1.165, 1.54) is 5.39 Å². The summed E-state index contributed by atoms with van der Waals surface area (Å²) in [6.45, 7) is 4.01. The van der Waals surface area contributed by atoms with Gasteiger partial charge in [0, 0.05) is 10.0 Å². The van der Waals surface area contributed by atoms with Gasteiger partial charge in [-0.1, -0.05) is 23.2 Å². The molecule has 0 aliphatic rings. The Kier molecular flexibility index (Phi) is 2.42. The molecule has 0 fully saturated rings. The first-order valence-electron chi connectivity index (χ1n) is 4.44. The highest BCUT2D eigenvalue weighted by atomic mass is 35.5. The molecular weight excluding hydrogens is 215 g/mol. The molecule has 0 nitrogen and oxygen atoms in total. The van der Waals surface area contributed by atoms with Crippen LogP contribution in [0.25, 0.3) is 10.8 Å². The third kappa shape index (κ3) is 1.60. The third-order valence-electron chi connectivity index (χ3n) is 2.40. The van der Waals surface area contributed by atoms with E-state index in [4.69, 9.17) is 23.2 Å². The molecule has 2 aromatic carbocycles. The number of hydrogen-bond donors (Lipinski definition) is 0.